The lowest BCUT2D eigenvalue weighted by Crippen LogP contribution is -2.29. The number of ketones is 1. The second kappa shape index (κ2) is 9.74. The van der Waals surface area contributed by atoms with Crippen molar-refractivity contribution in [2.24, 2.45) is 0 Å². The van der Waals surface area contributed by atoms with E-state index in [4.69, 9.17) is 9.47 Å². The zero-order valence-electron chi connectivity index (χ0n) is 20.0. The molecule has 0 saturated carbocycles. The molecule has 2 heterocycles. The Morgan fingerprint density at radius 1 is 1.11 bits per heavy atom. The molecule has 3 aromatic carbocycles. The first-order chi connectivity index (χ1) is 17.5. The van der Waals surface area contributed by atoms with E-state index in [1.807, 2.05) is 55.5 Å². The number of hydrogen-bond donors (Lipinski definition) is 1. The van der Waals surface area contributed by atoms with Gasteiger partial charge in [-0.05, 0) is 53.9 Å². The highest BCUT2D eigenvalue weighted by atomic mass is 16.5. The number of aliphatic hydroxyl groups is 1. The summed E-state index contributed by atoms with van der Waals surface area (Å²) in [6, 6.07) is 21.3. The summed E-state index contributed by atoms with van der Waals surface area (Å²) in [5.41, 5.74) is 3.11. The normalized spacial score (nSPS) is 20.2. The van der Waals surface area contributed by atoms with E-state index in [1.165, 1.54) is 4.90 Å². The predicted molar refractivity (Wildman–Crippen MR) is 137 cm³/mol. The van der Waals surface area contributed by atoms with Crippen molar-refractivity contribution in [1.82, 2.24) is 4.90 Å². The summed E-state index contributed by atoms with van der Waals surface area (Å²) in [6.45, 7) is 6.24. The summed E-state index contributed by atoms with van der Waals surface area (Å²) in [6.07, 6.45) is 2.43. The topological polar surface area (TPSA) is 76.1 Å². The molecule has 1 saturated heterocycles. The lowest BCUT2D eigenvalue weighted by molar-refractivity contribution is -0.140. The third-order valence-electron chi connectivity index (χ3n) is 6.47. The fourth-order valence-corrected chi connectivity index (χ4v) is 4.80. The van der Waals surface area contributed by atoms with Crippen molar-refractivity contribution in [2.75, 3.05) is 6.61 Å². The van der Waals surface area contributed by atoms with Gasteiger partial charge in [-0.1, -0.05) is 55.1 Å². The first-order valence-corrected chi connectivity index (χ1v) is 11.9. The molecule has 1 amide bonds. The molecule has 5 rings (SSSR count). The van der Waals surface area contributed by atoms with Gasteiger partial charge >= 0.3 is 0 Å². The molecule has 6 nitrogen and oxygen atoms in total. The molecular weight excluding hydrogens is 454 g/mol. The maximum atomic E-state index is 13.3. The van der Waals surface area contributed by atoms with Crippen molar-refractivity contribution in [2.45, 2.75) is 32.0 Å². The summed E-state index contributed by atoms with van der Waals surface area (Å²) in [5.74, 6) is -0.120. The van der Waals surface area contributed by atoms with Gasteiger partial charge in [-0.2, -0.15) is 0 Å². The quantitative estimate of drug-likeness (QED) is 0.217. The minimum atomic E-state index is -0.748. The van der Waals surface area contributed by atoms with Crippen LogP contribution in [0.5, 0.6) is 11.5 Å². The summed E-state index contributed by atoms with van der Waals surface area (Å²) in [7, 11) is 0. The highest BCUT2D eigenvalue weighted by Crippen LogP contribution is 2.41. The second-order valence-electron chi connectivity index (χ2n) is 9.04. The van der Waals surface area contributed by atoms with E-state index >= 15 is 0 Å². The minimum absolute atomic E-state index is 0.0515. The van der Waals surface area contributed by atoms with E-state index in [0.29, 0.717) is 29.9 Å². The van der Waals surface area contributed by atoms with Gasteiger partial charge in [0.15, 0.2) is 0 Å². The van der Waals surface area contributed by atoms with Crippen LogP contribution in [0.4, 0.5) is 0 Å². The smallest absolute Gasteiger partial charge is 0.295 e. The van der Waals surface area contributed by atoms with Crippen molar-refractivity contribution >= 4 is 17.4 Å². The first kappa shape index (κ1) is 23.4. The highest BCUT2D eigenvalue weighted by Gasteiger charge is 2.46. The minimum Gasteiger partial charge on any atom is -0.507 e. The van der Waals surface area contributed by atoms with Gasteiger partial charge in [0.2, 0.25) is 0 Å². The summed E-state index contributed by atoms with van der Waals surface area (Å²) >= 11 is 0. The van der Waals surface area contributed by atoms with Gasteiger partial charge in [-0.15, -0.1) is 0 Å². The maximum Gasteiger partial charge on any atom is 0.295 e. The van der Waals surface area contributed by atoms with E-state index in [0.717, 1.165) is 16.9 Å². The van der Waals surface area contributed by atoms with Gasteiger partial charge in [0, 0.05) is 18.5 Å². The number of aliphatic hydroxyl groups excluding tert-OH is 1. The van der Waals surface area contributed by atoms with Crippen LogP contribution in [0, 0.1) is 0 Å². The average molecular weight is 482 g/mol. The molecule has 0 unspecified atom stereocenters. The summed E-state index contributed by atoms with van der Waals surface area (Å²) in [4.78, 5) is 28.1. The number of amides is 1. The van der Waals surface area contributed by atoms with Gasteiger partial charge < -0.3 is 19.5 Å². The molecule has 0 spiro atoms. The van der Waals surface area contributed by atoms with Crippen LogP contribution in [-0.2, 0) is 22.6 Å². The molecule has 0 aliphatic carbocycles. The molecule has 36 heavy (non-hydrogen) atoms. The van der Waals surface area contributed by atoms with E-state index in [-0.39, 0.29) is 24.0 Å². The Morgan fingerprint density at radius 2 is 1.86 bits per heavy atom. The van der Waals surface area contributed by atoms with Crippen LogP contribution in [0.25, 0.3) is 5.76 Å². The molecule has 0 bridgehead atoms. The van der Waals surface area contributed by atoms with E-state index in [9.17, 15) is 14.7 Å². The second-order valence-corrected chi connectivity index (χ2v) is 9.04. The SMILES string of the molecule is C=CCOc1ccc([C@@H]2C(=C(O)c3ccc4c(c3)C[C@H](C)O4)C(=O)C(=O)N2Cc2ccccc2)cc1. The number of carbonyl (C=O) groups is 2. The Bertz CT molecular complexity index is 1340. The number of rotatable bonds is 7. The lowest BCUT2D eigenvalue weighted by atomic mass is 9.94. The molecule has 182 valence electrons. The Morgan fingerprint density at radius 3 is 2.58 bits per heavy atom. The number of ether oxygens (including phenoxy) is 2. The number of benzene rings is 3. The monoisotopic (exact) mass is 481 g/mol. The average Bonchev–Trinajstić information content (AvgIpc) is 3.39. The Hall–Kier alpha value is -4.32. The van der Waals surface area contributed by atoms with Gasteiger partial charge in [0.25, 0.3) is 11.7 Å². The van der Waals surface area contributed by atoms with Crippen LogP contribution >= 0.6 is 0 Å². The van der Waals surface area contributed by atoms with Crippen molar-refractivity contribution < 1.29 is 24.2 Å². The fourth-order valence-electron chi connectivity index (χ4n) is 4.80. The molecule has 6 heteroatoms. The lowest BCUT2D eigenvalue weighted by Gasteiger charge is -2.25. The van der Waals surface area contributed by atoms with Gasteiger partial charge in [-0.25, -0.2) is 0 Å². The molecular formula is C30H27NO5. The van der Waals surface area contributed by atoms with Crippen LogP contribution in [0.3, 0.4) is 0 Å². The fraction of sp³-hybridized carbons (Fsp3) is 0.200. The van der Waals surface area contributed by atoms with E-state index < -0.39 is 17.7 Å². The predicted octanol–water partition coefficient (Wildman–Crippen LogP) is 5.20. The summed E-state index contributed by atoms with van der Waals surface area (Å²) in [5, 5.41) is 11.4. The molecule has 0 aromatic heterocycles. The molecule has 2 atom stereocenters. The van der Waals surface area contributed by atoms with Gasteiger partial charge in [0.1, 0.15) is 30.0 Å². The Kier molecular flexibility index (Phi) is 6.34. The number of hydrogen-bond acceptors (Lipinski definition) is 5. The van der Waals surface area contributed by atoms with Gasteiger partial charge in [-0.3, -0.25) is 9.59 Å². The number of Topliss-reactive ketones (excluding diaryl/α,β-unsaturated/α-hetero) is 1. The van der Waals surface area contributed by atoms with E-state index in [2.05, 4.69) is 6.58 Å². The first-order valence-electron chi connectivity index (χ1n) is 11.9. The third-order valence-corrected chi connectivity index (χ3v) is 6.47. The van der Waals surface area contributed by atoms with Gasteiger partial charge in [0.05, 0.1) is 11.6 Å². The standard InChI is InChI=1S/C30H27NO5/c1-3-15-35-24-12-9-21(10-13-24)27-26(28(32)22-11-14-25-23(17-22)16-19(2)36-25)29(33)30(34)31(27)18-20-7-5-4-6-8-20/h3-14,17,19,27,32H,1,15-16,18H2,2H3/t19-,27+/m0/s1. The molecule has 2 aliphatic rings. The van der Waals surface area contributed by atoms with Crippen LogP contribution in [0.2, 0.25) is 0 Å². The van der Waals surface area contributed by atoms with Crippen LogP contribution in [0.1, 0.15) is 35.2 Å². The molecule has 3 aromatic rings. The highest BCUT2D eigenvalue weighted by molar-refractivity contribution is 6.46. The Balaban J connectivity index is 1.59. The number of likely N-dealkylation sites (tertiary alicyclic amines) is 1. The zero-order valence-corrected chi connectivity index (χ0v) is 20.0. The number of fused-ring (bicyclic) bond motifs is 1. The maximum absolute atomic E-state index is 13.3. The molecule has 2 aliphatic heterocycles. The van der Waals surface area contributed by atoms with Crippen LogP contribution in [0.15, 0.2) is 91.0 Å². The summed E-state index contributed by atoms with van der Waals surface area (Å²) < 4.78 is 11.4. The molecule has 1 fully saturated rings. The largest absolute Gasteiger partial charge is 0.507 e. The molecule has 0 radical (unpaired) electrons. The van der Waals surface area contributed by atoms with Crippen LogP contribution < -0.4 is 9.47 Å². The van der Waals surface area contributed by atoms with Crippen molar-refractivity contribution in [3.8, 4) is 11.5 Å². The zero-order chi connectivity index (χ0) is 25.2. The van der Waals surface area contributed by atoms with Crippen molar-refractivity contribution in [1.29, 1.82) is 0 Å². The number of carbonyl (C=O) groups excluding carboxylic acids is 2. The van der Waals surface area contributed by atoms with Crippen molar-refractivity contribution in [3.63, 3.8) is 0 Å². The van der Waals surface area contributed by atoms with E-state index in [1.54, 1.807) is 30.3 Å². The third kappa shape index (κ3) is 4.38. The van der Waals surface area contributed by atoms with Crippen LogP contribution in [-0.4, -0.2) is 34.4 Å². The number of nitrogens with zero attached hydrogens (tertiary/aromatic N) is 1. The molecule has 1 N–H and O–H groups in total. The Labute approximate surface area is 210 Å². The van der Waals surface area contributed by atoms with Crippen molar-refractivity contribution in [3.05, 3.63) is 113 Å².